The molecule has 0 fully saturated rings. The summed E-state index contributed by atoms with van der Waals surface area (Å²) in [6.45, 7) is 2.59. The molecule has 1 N–H and O–H groups in total. The molecule has 1 unspecified atom stereocenters. The molecule has 0 radical (unpaired) electrons. The van der Waals surface area contributed by atoms with E-state index in [-0.39, 0.29) is 27.9 Å². The molecule has 1 aliphatic heterocycles. The van der Waals surface area contributed by atoms with Gasteiger partial charge in [-0.1, -0.05) is 18.2 Å². The minimum absolute atomic E-state index is 0.0285. The molecular weight excluding hydrogens is 473 g/mol. The number of ether oxygens (including phenoxy) is 1. The lowest BCUT2D eigenvalue weighted by Crippen LogP contribution is -2.59. The van der Waals surface area contributed by atoms with E-state index in [1.807, 2.05) is 18.2 Å². The summed E-state index contributed by atoms with van der Waals surface area (Å²) in [5, 5.41) is 9.81. The number of aliphatic carboxylic acids is 1. The van der Waals surface area contributed by atoms with Crippen molar-refractivity contribution < 1.29 is 32.4 Å². The first-order valence-corrected chi connectivity index (χ1v) is 11.7. The number of aromatic nitrogens is 1. The number of halogens is 1. The maximum Gasteiger partial charge on any atom is 0.330 e. The van der Waals surface area contributed by atoms with Crippen LogP contribution in [0, 0.1) is 5.82 Å². The average Bonchev–Trinajstić information content (AvgIpc) is 3.41. The van der Waals surface area contributed by atoms with Crippen LogP contribution in [0.5, 0.6) is 5.75 Å². The predicted molar refractivity (Wildman–Crippen MR) is 120 cm³/mol. The van der Waals surface area contributed by atoms with E-state index in [1.165, 1.54) is 37.7 Å². The Morgan fingerprint density at radius 3 is 2.73 bits per heavy atom. The van der Waals surface area contributed by atoms with Crippen LogP contribution in [0.4, 0.5) is 9.39 Å². The van der Waals surface area contributed by atoms with E-state index in [0.717, 1.165) is 16.9 Å². The van der Waals surface area contributed by atoms with Crippen molar-refractivity contribution in [2.24, 2.45) is 0 Å². The van der Waals surface area contributed by atoms with Crippen LogP contribution in [0.3, 0.4) is 0 Å². The van der Waals surface area contributed by atoms with E-state index < -0.39 is 34.4 Å². The third kappa shape index (κ3) is 3.78. The summed E-state index contributed by atoms with van der Waals surface area (Å²) in [4.78, 5) is 29.0. The first-order chi connectivity index (χ1) is 15.7. The van der Waals surface area contributed by atoms with Gasteiger partial charge in [-0.2, -0.15) is 0 Å². The SMILES string of the molecule is COc1ccccc1CCN1c2sc(-c3ncco3)c(F)c2C(=O)N(C(C)(C)C(=O)O)S1=O. The van der Waals surface area contributed by atoms with Crippen LogP contribution >= 0.6 is 11.3 Å². The van der Waals surface area contributed by atoms with Gasteiger partial charge in [0.2, 0.25) is 17.1 Å². The van der Waals surface area contributed by atoms with Crippen LogP contribution in [-0.4, -0.2) is 49.7 Å². The average molecular weight is 494 g/mol. The predicted octanol–water partition coefficient (Wildman–Crippen LogP) is 3.50. The summed E-state index contributed by atoms with van der Waals surface area (Å²) in [7, 11) is 1.53. The number of benzene rings is 1. The van der Waals surface area contributed by atoms with Gasteiger partial charge in [-0.25, -0.2) is 22.7 Å². The summed E-state index contributed by atoms with van der Waals surface area (Å²) >= 11 is -1.36. The van der Waals surface area contributed by atoms with E-state index >= 15 is 4.39 Å². The molecule has 1 amide bonds. The molecule has 1 aromatic carbocycles. The second-order valence-corrected chi connectivity index (χ2v) is 9.89. The number of carbonyl (C=O) groups is 2. The van der Waals surface area contributed by atoms with Crippen molar-refractivity contribution in [3.05, 3.63) is 53.7 Å². The van der Waals surface area contributed by atoms with Crippen molar-refractivity contribution >= 4 is 39.4 Å². The Morgan fingerprint density at radius 1 is 1.36 bits per heavy atom. The fourth-order valence-corrected chi connectivity index (χ4v) is 6.15. The summed E-state index contributed by atoms with van der Waals surface area (Å²) in [5.41, 5.74) is -1.41. The summed E-state index contributed by atoms with van der Waals surface area (Å²) in [6, 6.07) is 7.25. The van der Waals surface area contributed by atoms with Crippen LogP contribution in [0.15, 0.2) is 41.1 Å². The van der Waals surface area contributed by atoms with Crippen molar-refractivity contribution in [2.75, 3.05) is 18.0 Å². The first-order valence-electron chi connectivity index (χ1n) is 9.80. The van der Waals surface area contributed by atoms with E-state index in [0.29, 0.717) is 16.5 Å². The van der Waals surface area contributed by atoms with Crippen molar-refractivity contribution in [1.82, 2.24) is 9.29 Å². The Hall–Kier alpha value is -3.25. The molecule has 1 aliphatic rings. The number of fused-ring (bicyclic) bond motifs is 1. The minimum atomic E-state index is -2.23. The van der Waals surface area contributed by atoms with Gasteiger partial charge < -0.3 is 14.3 Å². The molecule has 1 atom stereocenters. The molecule has 12 heteroatoms. The number of amides is 1. The number of carboxylic acid groups (broad SMARTS) is 1. The second kappa shape index (κ2) is 8.60. The lowest BCUT2D eigenvalue weighted by molar-refractivity contribution is -0.145. The normalized spacial score (nSPS) is 16.1. The Bertz CT molecular complexity index is 1240. The van der Waals surface area contributed by atoms with E-state index in [2.05, 4.69) is 4.98 Å². The van der Waals surface area contributed by atoms with E-state index in [1.54, 1.807) is 6.07 Å². The molecule has 9 nitrogen and oxygen atoms in total. The Labute approximate surface area is 195 Å². The lowest BCUT2D eigenvalue weighted by atomic mass is 10.1. The monoisotopic (exact) mass is 493 g/mol. The largest absolute Gasteiger partial charge is 0.496 e. The van der Waals surface area contributed by atoms with Crippen molar-refractivity contribution in [3.8, 4) is 16.5 Å². The van der Waals surface area contributed by atoms with Gasteiger partial charge in [0.1, 0.15) is 33.0 Å². The molecule has 3 heterocycles. The number of nitrogens with zero attached hydrogens (tertiary/aromatic N) is 3. The standard InChI is InChI=1S/C21H20FN3O6S2/c1-21(2,20(27)28)25-18(26)14-15(22)16(17-23-9-11-31-17)32-19(14)24(33(25)29)10-8-12-6-4-5-7-13(12)30-3/h4-7,9,11H,8,10H2,1-3H3,(H,27,28). The topological polar surface area (TPSA) is 113 Å². The Kier molecular flexibility index (Phi) is 5.97. The lowest BCUT2D eigenvalue weighted by Gasteiger charge is -2.40. The fraction of sp³-hybridized carbons (Fsp3) is 0.286. The highest BCUT2D eigenvalue weighted by Crippen LogP contribution is 2.46. The smallest absolute Gasteiger partial charge is 0.330 e. The highest BCUT2D eigenvalue weighted by molar-refractivity contribution is 7.85. The van der Waals surface area contributed by atoms with Gasteiger partial charge in [-0.3, -0.25) is 9.10 Å². The summed E-state index contributed by atoms with van der Waals surface area (Å²) in [5.74, 6) is -2.65. The fourth-order valence-electron chi connectivity index (χ4n) is 3.42. The summed E-state index contributed by atoms with van der Waals surface area (Å²) < 4.78 is 41.5. The maximum absolute atomic E-state index is 15.4. The van der Waals surface area contributed by atoms with Gasteiger partial charge in [-0.05, 0) is 31.9 Å². The number of para-hydroxylation sites is 1. The second-order valence-electron chi connectivity index (χ2n) is 7.62. The molecule has 0 saturated carbocycles. The molecule has 0 bridgehead atoms. The van der Waals surface area contributed by atoms with E-state index in [9.17, 15) is 18.9 Å². The number of hydrogen-bond acceptors (Lipinski definition) is 7. The molecule has 4 rings (SSSR count). The molecule has 3 aromatic rings. The van der Waals surface area contributed by atoms with Crippen molar-refractivity contribution in [3.63, 3.8) is 0 Å². The number of methoxy groups -OCH3 is 1. The van der Waals surface area contributed by atoms with Gasteiger partial charge in [0.05, 0.1) is 13.3 Å². The van der Waals surface area contributed by atoms with Crippen molar-refractivity contribution in [2.45, 2.75) is 25.8 Å². The van der Waals surface area contributed by atoms with Gasteiger partial charge >= 0.3 is 5.97 Å². The molecule has 33 heavy (non-hydrogen) atoms. The molecule has 0 spiro atoms. The Balaban J connectivity index is 1.82. The zero-order valence-electron chi connectivity index (χ0n) is 17.9. The van der Waals surface area contributed by atoms with Crippen LogP contribution in [0.1, 0.15) is 29.8 Å². The van der Waals surface area contributed by atoms with Crippen LogP contribution < -0.4 is 9.04 Å². The highest BCUT2D eigenvalue weighted by Gasteiger charge is 2.50. The maximum atomic E-state index is 15.4. The molecule has 2 aromatic heterocycles. The van der Waals surface area contributed by atoms with Crippen LogP contribution in [0.2, 0.25) is 0 Å². The van der Waals surface area contributed by atoms with Crippen LogP contribution in [-0.2, 0) is 22.4 Å². The minimum Gasteiger partial charge on any atom is -0.496 e. The van der Waals surface area contributed by atoms with Gasteiger partial charge in [0, 0.05) is 6.54 Å². The van der Waals surface area contributed by atoms with Crippen molar-refractivity contribution in [1.29, 1.82) is 0 Å². The number of anilines is 1. The number of thiophene rings is 1. The van der Waals surface area contributed by atoms with E-state index in [4.69, 9.17) is 9.15 Å². The Morgan fingerprint density at radius 2 is 2.09 bits per heavy atom. The zero-order valence-corrected chi connectivity index (χ0v) is 19.5. The number of oxazole rings is 1. The summed E-state index contributed by atoms with van der Waals surface area (Å²) in [6.07, 6.45) is 2.96. The number of carboxylic acids is 1. The molecule has 0 saturated heterocycles. The first kappa shape index (κ1) is 22.9. The number of rotatable bonds is 7. The zero-order chi connectivity index (χ0) is 23.9. The van der Waals surface area contributed by atoms with Gasteiger partial charge in [0.25, 0.3) is 5.91 Å². The van der Waals surface area contributed by atoms with Crippen LogP contribution in [0.25, 0.3) is 10.8 Å². The van der Waals surface area contributed by atoms with Gasteiger partial charge in [0.15, 0.2) is 5.82 Å². The highest BCUT2D eigenvalue weighted by atomic mass is 32.2. The third-order valence-electron chi connectivity index (χ3n) is 5.24. The third-order valence-corrected chi connectivity index (χ3v) is 8.20. The molecule has 0 aliphatic carbocycles. The quantitative estimate of drug-likeness (QED) is 0.536. The number of carbonyl (C=O) groups excluding carboxylic acids is 1. The molecular formula is C21H20FN3O6S2. The molecule has 174 valence electrons. The number of hydrogen-bond donors (Lipinski definition) is 1. The van der Waals surface area contributed by atoms with Gasteiger partial charge in [-0.15, -0.1) is 11.3 Å².